The van der Waals surface area contributed by atoms with Crippen molar-refractivity contribution in [1.29, 1.82) is 0 Å². The second-order valence-corrected chi connectivity index (χ2v) is 7.15. The van der Waals surface area contributed by atoms with E-state index < -0.39 is 11.9 Å². The van der Waals surface area contributed by atoms with E-state index in [9.17, 15) is 14.7 Å². The zero-order valence-electron chi connectivity index (χ0n) is 14.0. The van der Waals surface area contributed by atoms with Crippen LogP contribution in [0.4, 0.5) is 5.69 Å². The standard InChI is InChI=1S/C20H15ClN2O3S/c21-16-7-2-1-6-15(16)18-9-8-14(27-18)11-17(20(25)26)23-19(24)12-4-3-5-13(22)10-12/h1-11H,22H2,(H,23,24)(H,25,26)/b17-11-. The number of nitrogens with one attached hydrogen (secondary N) is 1. The minimum absolute atomic E-state index is 0.227. The van der Waals surface area contributed by atoms with Gasteiger partial charge in [-0.2, -0.15) is 0 Å². The second kappa shape index (κ2) is 8.07. The van der Waals surface area contributed by atoms with Crippen LogP contribution in [0.5, 0.6) is 0 Å². The minimum atomic E-state index is -1.24. The molecule has 0 unspecified atom stereocenters. The molecule has 3 aromatic rings. The molecule has 0 fully saturated rings. The Morgan fingerprint density at radius 2 is 1.85 bits per heavy atom. The third-order valence-corrected chi connectivity index (χ3v) is 5.08. The molecule has 0 saturated carbocycles. The van der Waals surface area contributed by atoms with Gasteiger partial charge in [-0.15, -0.1) is 11.3 Å². The van der Waals surface area contributed by atoms with Gasteiger partial charge in [0.1, 0.15) is 5.70 Å². The number of aliphatic carboxylic acids is 1. The summed E-state index contributed by atoms with van der Waals surface area (Å²) in [4.78, 5) is 25.4. The molecule has 136 valence electrons. The van der Waals surface area contributed by atoms with Crippen molar-refractivity contribution in [1.82, 2.24) is 5.32 Å². The number of anilines is 1. The van der Waals surface area contributed by atoms with Crippen LogP contribution in [0.1, 0.15) is 15.2 Å². The van der Waals surface area contributed by atoms with Gasteiger partial charge >= 0.3 is 5.97 Å². The van der Waals surface area contributed by atoms with Gasteiger partial charge in [-0.3, -0.25) is 4.79 Å². The van der Waals surface area contributed by atoms with Gasteiger partial charge in [0.15, 0.2) is 0 Å². The number of halogens is 1. The number of carbonyl (C=O) groups excluding carboxylic acids is 1. The van der Waals surface area contributed by atoms with E-state index in [0.717, 1.165) is 10.4 Å². The highest BCUT2D eigenvalue weighted by molar-refractivity contribution is 7.16. The summed E-state index contributed by atoms with van der Waals surface area (Å²) in [5.41, 5.74) is 7.00. The molecule has 27 heavy (non-hydrogen) atoms. The Morgan fingerprint density at radius 1 is 1.07 bits per heavy atom. The Hall–Kier alpha value is -3.09. The van der Waals surface area contributed by atoms with Gasteiger partial charge < -0.3 is 16.2 Å². The minimum Gasteiger partial charge on any atom is -0.477 e. The highest BCUT2D eigenvalue weighted by atomic mass is 35.5. The van der Waals surface area contributed by atoms with E-state index in [1.807, 2.05) is 24.3 Å². The summed E-state index contributed by atoms with van der Waals surface area (Å²) < 4.78 is 0. The number of nitrogens with two attached hydrogens (primary N) is 1. The molecular weight excluding hydrogens is 384 g/mol. The lowest BCUT2D eigenvalue weighted by atomic mass is 10.2. The molecule has 0 spiro atoms. The summed E-state index contributed by atoms with van der Waals surface area (Å²) >= 11 is 7.58. The van der Waals surface area contributed by atoms with Crippen molar-refractivity contribution in [2.24, 2.45) is 0 Å². The highest BCUT2D eigenvalue weighted by Gasteiger charge is 2.14. The number of hydrogen-bond donors (Lipinski definition) is 3. The predicted octanol–water partition coefficient (Wildman–Crippen LogP) is 4.51. The van der Waals surface area contributed by atoms with Gasteiger partial charge in [-0.05, 0) is 42.5 Å². The number of nitrogen functional groups attached to an aromatic ring is 1. The number of hydrogen-bond acceptors (Lipinski definition) is 4. The molecule has 0 atom stereocenters. The van der Waals surface area contributed by atoms with Crippen molar-refractivity contribution in [3.8, 4) is 10.4 Å². The fraction of sp³-hybridized carbons (Fsp3) is 0. The molecule has 7 heteroatoms. The Bertz CT molecular complexity index is 1040. The molecule has 0 aliphatic carbocycles. The first-order chi connectivity index (χ1) is 12.9. The maximum Gasteiger partial charge on any atom is 0.352 e. The van der Waals surface area contributed by atoms with Gasteiger partial charge in [0.05, 0.1) is 0 Å². The molecule has 1 amide bonds. The van der Waals surface area contributed by atoms with Crippen LogP contribution in [0.25, 0.3) is 16.5 Å². The van der Waals surface area contributed by atoms with Gasteiger partial charge in [-0.25, -0.2) is 4.79 Å². The van der Waals surface area contributed by atoms with Crippen LogP contribution in [0, 0.1) is 0 Å². The topological polar surface area (TPSA) is 92.4 Å². The highest BCUT2D eigenvalue weighted by Crippen LogP contribution is 2.33. The molecule has 1 aromatic heterocycles. The van der Waals surface area contributed by atoms with Gasteiger partial charge in [0.25, 0.3) is 5.91 Å². The zero-order chi connectivity index (χ0) is 19.4. The normalized spacial score (nSPS) is 11.2. The average molecular weight is 399 g/mol. The lowest BCUT2D eigenvalue weighted by Crippen LogP contribution is -2.27. The van der Waals surface area contributed by atoms with E-state index in [1.54, 1.807) is 30.3 Å². The summed E-state index contributed by atoms with van der Waals surface area (Å²) in [5, 5.41) is 12.5. The third kappa shape index (κ3) is 4.55. The summed E-state index contributed by atoms with van der Waals surface area (Å²) in [6, 6.07) is 17.4. The van der Waals surface area contributed by atoms with E-state index in [1.165, 1.54) is 23.5 Å². The first-order valence-corrected chi connectivity index (χ1v) is 9.10. The molecule has 0 radical (unpaired) electrons. The SMILES string of the molecule is Nc1cccc(C(=O)N/C(=C\c2ccc(-c3ccccc3Cl)s2)C(=O)O)c1. The Labute approximate surface area is 164 Å². The molecule has 0 bridgehead atoms. The van der Waals surface area contributed by atoms with Crippen LogP contribution < -0.4 is 11.1 Å². The number of rotatable bonds is 5. The van der Waals surface area contributed by atoms with Gasteiger partial charge in [0, 0.05) is 31.6 Å². The Kier molecular flexibility index (Phi) is 5.59. The molecule has 0 aliphatic rings. The molecule has 0 saturated heterocycles. The maximum atomic E-state index is 12.3. The Morgan fingerprint density at radius 3 is 2.56 bits per heavy atom. The molecule has 1 heterocycles. The number of carboxylic acids is 1. The van der Waals surface area contributed by atoms with E-state index in [-0.39, 0.29) is 11.3 Å². The van der Waals surface area contributed by atoms with E-state index in [2.05, 4.69) is 5.32 Å². The smallest absolute Gasteiger partial charge is 0.352 e. The van der Waals surface area contributed by atoms with E-state index >= 15 is 0 Å². The van der Waals surface area contributed by atoms with Crippen molar-refractivity contribution >= 4 is 46.6 Å². The average Bonchev–Trinajstić information content (AvgIpc) is 3.09. The van der Waals surface area contributed by atoms with Crippen LogP contribution in [0.15, 0.2) is 66.4 Å². The largest absolute Gasteiger partial charge is 0.477 e. The lowest BCUT2D eigenvalue weighted by molar-refractivity contribution is -0.132. The number of carbonyl (C=O) groups is 2. The third-order valence-electron chi connectivity index (χ3n) is 3.68. The summed E-state index contributed by atoms with van der Waals surface area (Å²) in [6.45, 7) is 0. The van der Waals surface area contributed by atoms with Crippen molar-refractivity contribution in [3.63, 3.8) is 0 Å². The van der Waals surface area contributed by atoms with Crippen LogP contribution in [-0.2, 0) is 4.79 Å². The zero-order valence-corrected chi connectivity index (χ0v) is 15.6. The van der Waals surface area contributed by atoms with Crippen molar-refractivity contribution in [2.45, 2.75) is 0 Å². The predicted molar refractivity (Wildman–Crippen MR) is 109 cm³/mol. The van der Waals surface area contributed by atoms with Gasteiger partial charge in [-0.1, -0.05) is 35.9 Å². The van der Waals surface area contributed by atoms with Gasteiger partial charge in [0.2, 0.25) is 0 Å². The van der Waals surface area contributed by atoms with E-state index in [0.29, 0.717) is 15.6 Å². The first-order valence-electron chi connectivity index (χ1n) is 7.90. The molecule has 5 nitrogen and oxygen atoms in total. The molecule has 2 aromatic carbocycles. The van der Waals surface area contributed by atoms with Crippen molar-refractivity contribution < 1.29 is 14.7 Å². The van der Waals surface area contributed by atoms with Crippen LogP contribution >= 0.6 is 22.9 Å². The number of amides is 1. The summed E-state index contributed by atoms with van der Waals surface area (Å²) in [7, 11) is 0. The second-order valence-electron chi connectivity index (χ2n) is 5.62. The fourth-order valence-corrected chi connectivity index (χ4v) is 3.69. The lowest BCUT2D eigenvalue weighted by Gasteiger charge is -2.06. The first kappa shape index (κ1) is 18.7. The molecular formula is C20H15ClN2O3S. The monoisotopic (exact) mass is 398 g/mol. The summed E-state index contributed by atoms with van der Waals surface area (Å²) in [5.74, 6) is -1.78. The van der Waals surface area contributed by atoms with Crippen molar-refractivity contribution in [2.75, 3.05) is 5.73 Å². The maximum absolute atomic E-state index is 12.3. The number of carboxylic acid groups (broad SMARTS) is 1. The number of benzene rings is 2. The molecule has 0 aliphatic heterocycles. The number of thiophene rings is 1. The van der Waals surface area contributed by atoms with E-state index in [4.69, 9.17) is 17.3 Å². The van der Waals surface area contributed by atoms with Crippen molar-refractivity contribution in [3.05, 3.63) is 81.8 Å². The fourth-order valence-electron chi connectivity index (χ4n) is 2.40. The molecule has 3 rings (SSSR count). The van der Waals surface area contributed by atoms with Crippen LogP contribution in [0.2, 0.25) is 5.02 Å². The quantitative estimate of drug-likeness (QED) is 0.435. The molecule has 4 N–H and O–H groups in total. The van der Waals surface area contributed by atoms with Crippen LogP contribution in [-0.4, -0.2) is 17.0 Å². The Balaban J connectivity index is 1.85. The summed E-state index contributed by atoms with van der Waals surface area (Å²) in [6.07, 6.45) is 1.41. The van der Waals surface area contributed by atoms with Crippen LogP contribution in [0.3, 0.4) is 0 Å².